The number of rotatable bonds is 4. The molecule has 0 spiro atoms. The van der Waals surface area contributed by atoms with Crippen molar-refractivity contribution in [2.75, 3.05) is 37.3 Å². The molecule has 0 bridgehead atoms. The van der Waals surface area contributed by atoms with E-state index in [9.17, 15) is 13.2 Å². The summed E-state index contributed by atoms with van der Waals surface area (Å²) in [4.78, 5) is 19.1. The summed E-state index contributed by atoms with van der Waals surface area (Å²) in [5.74, 6) is -0.406. The Kier molecular flexibility index (Phi) is 4.62. The molecule has 2 fully saturated rings. The summed E-state index contributed by atoms with van der Waals surface area (Å²) in [5, 5.41) is 0.958. The Morgan fingerprint density at radius 2 is 1.92 bits per heavy atom. The van der Waals surface area contributed by atoms with Gasteiger partial charge >= 0.3 is 5.97 Å². The van der Waals surface area contributed by atoms with Crippen LogP contribution in [-0.4, -0.2) is 62.2 Å². The fraction of sp³-hybridized carbons (Fsp3) is 0.529. The molecule has 26 heavy (non-hydrogen) atoms. The van der Waals surface area contributed by atoms with E-state index in [2.05, 4.69) is 16.0 Å². The van der Waals surface area contributed by atoms with E-state index in [4.69, 9.17) is 4.74 Å². The van der Waals surface area contributed by atoms with Crippen LogP contribution in [0.4, 0.5) is 5.13 Å². The third kappa shape index (κ3) is 3.56. The molecule has 0 N–H and O–H groups in total. The smallest absolute Gasteiger partial charge is 0.309 e. The van der Waals surface area contributed by atoms with Gasteiger partial charge in [0.2, 0.25) is 10.0 Å². The number of hydrogen-bond donors (Lipinski definition) is 0. The highest BCUT2D eigenvalue weighted by Crippen LogP contribution is 2.32. The summed E-state index contributed by atoms with van der Waals surface area (Å²) >= 11 is 1.64. The van der Waals surface area contributed by atoms with Crippen LogP contribution in [0.2, 0.25) is 0 Å². The van der Waals surface area contributed by atoms with Gasteiger partial charge in [0.05, 0.1) is 35.5 Å². The molecule has 0 amide bonds. The van der Waals surface area contributed by atoms with E-state index in [1.165, 1.54) is 10.6 Å². The van der Waals surface area contributed by atoms with Gasteiger partial charge in [-0.1, -0.05) is 23.5 Å². The number of para-hydroxylation sites is 1. The summed E-state index contributed by atoms with van der Waals surface area (Å²) in [6.07, 6.45) is 2.15. The van der Waals surface area contributed by atoms with Crippen LogP contribution in [0.25, 0.3) is 10.2 Å². The Labute approximate surface area is 156 Å². The number of ether oxygens (including phenoxy) is 1. The molecule has 0 saturated carbocycles. The minimum atomic E-state index is -3.17. The Bertz CT molecular complexity index is 880. The average Bonchev–Trinajstić information content (AvgIpc) is 3.00. The molecule has 2 aliphatic heterocycles. The van der Waals surface area contributed by atoms with Crippen molar-refractivity contribution in [1.82, 2.24) is 9.29 Å². The molecule has 0 aliphatic carbocycles. The van der Waals surface area contributed by atoms with Crippen molar-refractivity contribution in [1.29, 1.82) is 0 Å². The minimum absolute atomic E-state index is 0.109. The number of aromatic nitrogens is 1. The SMILES string of the molecule is CS(=O)(=O)N1CCC(C(=O)OC2CN(c3nc4ccccc4s3)C2)CC1. The van der Waals surface area contributed by atoms with Gasteiger partial charge in [-0.05, 0) is 25.0 Å². The Morgan fingerprint density at radius 1 is 1.23 bits per heavy atom. The van der Waals surface area contributed by atoms with Gasteiger partial charge in [0, 0.05) is 13.1 Å². The Hall–Kier alpha value is -1.71. The number of nitrogens with zero attached hydrogens (tertiary/aromatic N) is 3. The van der Waals surface area contributed by atoms with Gasteiger partial charge in [-0.2, -0.15) is 0 Å². The predicted molar refractivity (Wildman–Crippen MR) is 101 cm³/mol. The van der Waals surface area contributed by atoms with E-state index in [1.807, 2.05) is 18.2 Å². The fourth-order valence-corrected chi connectivity index (χ4v) is 5.21. The third-order valence-electron chi connectivity index (χ3n) is 4.94. The van der Waals surface area contributed by atoms with Crippen LogP contribution in [0, 0.1) is 5.92 Å². The van der Waals surface area contributed by atoms with Crippen LogP contribution in [-0.2, 0) is 19.6 Å². The lowest BCUT2D eigenvalue weighted by molar-refractivity contribution is -0.156. The van der Waals surface area contributed by atoms with Gasteiger partial charge in [-0.25, -0.2) is 17.7 Å². The second-order valence-corrected chi connectivity index (χ2v) is 9.86. The topological polar surface area (TPSA) is 79.8 Å². The summed E-state index contributed by atoms with van der Waals surface area (Å²) < 4.78 is 31.2. The van der Waals surface area contributed by atoms with Crippen LogP contribution in [0.5, 0.6) is 0 Å². The first kappa shape index (κ1) is 17.7. The second kappa shape index (κ2) is 6.79. The van der Waals surface area contributed by atoms with Crippen LogP contribution in [0.15, 0.2) is 24.3 Å². The van der Waals surface area contributed by atoms with Gasteiger partial charge in [-0.15, -0.1) is 0 Å². The second-order valence-electron chi connectivity index (χ2n) is 6.86. The zero-order chi connectivity index (χ0) is 18.3. The van der Waals surface area contributed by atoms with Gasteiger partial charge in [0.15, 0.2) is 5.13 Å². The van der Waals surface area contributed by atoms with Crippen LogP contribution >= 0.6 is 11.3 Å². The van der Waals surface area contributed by atoms with Gasteiger partial charge in [-0.3, -0.25) is 4.79 Å². The molecule has 0 radical (unpaired) electrons. The van der Waals surface area contributed by atoms with Crippen molar-refractivity contribution in [3.63, 3.8) is 0 Å². The first-order valence-corrected chi connectivity index (χ1v) is 11.3. The van der Waals surface area contributed by atoms with E-state index < -0.39 is 10.0 Å². The fourth-order valence-electron chi connectivity index (χ4n) is 3.35. The van der Waals surface area contributed by atoms with E-state index in [0.29, 0.717) is 39.0 Å². The van der Waals surface area contributed by atoms with Gasteiger partial charge in [0.25, 0.3) is 0 Å². The standard InChI is InChI=1S/C17H21N3O4S2/c1-26(22,23)20-8-6-12(7-9-20)16(21)24-13-10-19(11-13)17-18-14-4-2-3-5-15(14)25-17/h2-5,12-13H,6-11H2,1H3. The number of esters is 1. The molecule has 2 aromatic rings. The number of carbonyl (C=O) groups is 1. The summed E-state index contributed by atoms with van der Waals surface area (Å²) in [6, 6.07) is 8.02. The number of benzene rings is 1. The highest BCUT2D eigenvalue weighted by Gasteiger charge is 2.35. The molecule has 2 saturated heterocycles. The summed E-state index contributed by atoms with van der Waals surface area (Å²) in [7, 11) is -3.17. The largest absolute Gasteiger partial charge is 0.458 e. The van der Waals surface area contributed by atoms with E-state index in [-0.39, 0.29) is 18.0 Å². The van der Waals surface area contributed by atoms with Crippen LogP contribution < -0.4 is 4.90 Å². The molecule has 1 aromatic heterocycles. The van der Waals surface area contributed by atoms with Crippen molar-refractivity contribution in [2.24, 2.45) is 5.92 Å². The van der Waals surface area contributed by atoms with E-state index >= 15 is 0 Å². The summed E-state index contributed by atoms with van der Waals surface area (Å²) in [5.41, 5.74) is 0.991. The molecule has 140 valence electrons. The molecule has 1 aromatic carbocycles. The zero-order valence-corrected chi connectivity index (χ0v) is 16.1. The van der Waals surface area contributed by atoms with Gasteiger partial charge < -0.3 is 9.64 Å². The van der Waals surface area contributed by atoms with Crippen molar-refractivity contribution < 1.29 is 17.9 Å². The Morgan fingerprint density at radius 3 is 2.58 bits per heavy atom. The lowest BCUT2D eigenvalue weighted by atomic mass is 9.98. The predicted octanol–water partition coefficient (Wildman–Crippen LogP) is 1.70. The van der Waals surface area contributed by atoms with Crippen molar-refractivity contribution in [3.05, 3.63) is 24.3 Å². The maximum Gasteiger partial charge on any atom is 0.309 e. The van der Waals surface area contributed by atoms with E-state index in [0.717, 1.165) is 15.3 Å². The molecule has 0 atom stereocenters. The number of anilines is 1. The molecule has 7 nitrogen and oxygen atoms in total. The third-order valence-corrected chi connectivity index (χ3v) is 7.34. The number of hydrogen-bond acceptors (Lipinski definition) is 7. The quantitative estimate of drug-likeness (QED) is 0.733. The number of carbonyl (C=O) groups excluding carboxylic acids is 1. The average molecular weight is 396 g/mol. The molecular weight excluding hydrogens is 374 g/mol. The Balaban J connectivity index is 1.27. The first-order valence-electron chi connectivity index (χ1n) is 8.66. The molecule has 3 heterocycles. The molecule has 0 unspecified atom stereocenters. The van der Waals surface area contributed by atoms with E-state index in [1.54, 1.807) is 11.3 Å². The normalized spacial score (nSPS) is 20.3. The summed E-state index contributed by atoms with van der Waals surface area (Å²) in [6.45, 7) is 2.10. The van der Waals surface area contributed by atoms with Crippen molar-refractivity contribution in [2.45, 2.75) is 18.9 Å². The minimum Gasteiger partial charge on any atom is -0.458 e. The highest BCUT2D eigenvalue weighted by atomic mass is 32.2. The lowest BCUT2D eigenvalue weighted by Gasteiger charge is -2.39. The monoisotopic (exact) mass is 395 g/mol. The van der Waals surface area contributed by atoms with Crippen LogP contribution in [0.3, 0.4) is 0 Å². The first-order chi connectivity index (χ1) is 12.4. The zero-order valence-electron chi connectivity index (χ0n) is 14.5. The molecule has 2 aliphatic rings. The molecule has 9 heteroatoms. The highest BCUT2D eigenvalue weighted by molar-refractivity contribution is 7.88. The maximum atomic E-state index is 12.3. The number of thiazole rings is 1. The van der Waals surface area contributed by atoms with Crippen molar-refractivity contribution in [3.8, 4) is 0 Å². The molecule has 4 rings (SSSR count). The van der Waals surface area contributed by atoms with Crippen molar-refractivity contribution >= 4 is 42.7 Å². The molecular formula is C17H21N3O4S2. The number of sulfonamides is 1. The lowest BCUT2D eigenvalue weighted by Crippen LogP contribution is -2.54. The van der Waals surface area contributed by atoms with Gasteiger partial charge in [0.1, 0.15) is 6.10 Å². The number of piperidine rings is 1. The maximum absolute atomic E-state index is 12.3. The van der Waals surface area contributed by atoms with Crippen LogP contribution in [0.1, 0.15) is 12.8 Å². The number of fused-ring (bicyclic) bond motifs is 1.